The second-order valence-corrected chi connectivity index (χ2v) is 5.56. The summed E-state index contributed by atoms with van der Waals surface area (Å²) in [6.07, 6.45) is -0.636. The Morgan fingerprint density at radius 1 is 1.43 bits per heavy atom. The van der Waals surface area contributed by atoms with Crippen LogP contribution in [0.4, 0.5) is 8.78 Å². The number of hydrogen-bond donors (Lipinski definition) is 1. The SMILES string of the molecule is CC(O)CN(C)C(=O)c1csc(-c2ccc(F)c(F)c2)n1. The lowest BCUT2D eigenvalue weighted by atomic mass is 10.2. The Balaban J connectivity index is 2.21. The van der Waals surface area contributed by atoms with Gasteiger partial charge in [-0.25, -0.2) is 13.8 Å². The lowest BCUT2D eigenvalue weighted by molar-refractivity contribution is 0.0699. The van der Waals surface area contributed by atoms with Crippen LogP contribution >= 0.6 is 11.3 Å². The summed E-state index contributed by atoms with van der Waals surface area (Å²) in [6, 6.07) is 3.47. The van der Waals surface area contributed by atoms with Crippen LogP contribution < -0.4 is 0 Å². The van der Waals surface area contributed by atoms with Crippen LogP contribution in [0.3, 0.4) is 0 Å². The maximum Gasteiger partial charge on any atom is 0.273 e. The number of rotatable bonds is 4. The molecule has 1 atom stereocenters. The van der Waals surface area contributed by atoms with Crippen molar-refractivity contribution in [3.8, 4) is 10.6 Å². The van der Waals surface area contributed by atoms with Crippen LogP contribution in [0.15, 0.2) is 23.6 Å². The van der Waals surface area contributed by atoms with Gasteiger partial charge in [0.05, 0.1) is 6.10 Å². The Bertz CT molecular complexity index is 658. The minimum Gasteiger partial charge on any atom is -0.392 e. The van der Waals surface area contributed by atoms with Crippen molar-refractivity contribution in [2.24, 2.45) is 0 Å². The molecule has 0 aliphatic heterocycles. The first-order valence-electron chi connectivity index (χ1n) is 6.23. The Morgan fingerprint density at radius 2 is 2.14 bits per heavy atom. The first-order valence-corrected chi connectivity index (χ1v) is 7.11. The van der Waals surface area contributed by atoms with Crippen molar-refractivity contribution in [1.29, 1.82) is 0 Å². The minimum atomic E-state index is -0.957. The summed E-state index contributed by atoms with van der Waals surface area (Å²) in [5.41, 5.74) is 0.624. The highest BCUT2D eigenvalue weighted by atomic mass is 32.1. The molecule has 0 saturated carbocycles. The molecular weight excluding hydrogens is 298 g/mol. The van der Waals surface area contributed by atoms with Gasteiger partial charge in [0.15, 0.2) is 11.6 Å². The molecule has 4 nitrogen and oxygen atoms in total. The lowest BCUT2D eigenvalue weighted by Crippen LogP contribution is -2.33. The molecule has 1 aromatic heterocycles. The molecule has 1 N–H and O–H groups in total. The Morgan fingerprint density at radius 3 is 2.76 bits per heavy atom. The molecule has 0 aliphatic rings. The third kappa shape index (κ3) is 3.62. The van der Waals surface area contributed by atoms with Gasteiger partial charge in [0.2, 0.25) is 0 Å². The maximum atomic E-state index is 13.2. The van der Waals surface area contributed by atoms with Crippen LogP contribution in [-0.4, -0.2) is 40.6 Å². The van der Waals surface area contributed by atoms with E-state index in [1.807, 2.05) is 0 Å². The van der Waals surface area contributed by atoms with E-state index in [-0.39, 0.29) is 18.1 Å². The molecule has 1 heterocycles. The number of carbonyl (C=O) groups excluding carboxylic acids is 1. The Hall–Kier alpha value is -1.86. The number of hydrogen-bond acceptors (Lipinski definition) is 4. The van der Waals surface area contributed by atoms with Gasteiger partial charge in [-0.15, -0.1) is 11.3 Å². The average Bonchev–Trinajstić information content (AvgIpc) is 2.89. The zero-order valence-corrected chi connectivity index (χ0v) is 12.3. The van der Waals surface area contributed by atoms with E-state index in [9.17, 15) is 18.7 Å². The molecule has 2 aromatic rings. The minimum absolute atomic E-state index is 0.191. The molecule has 1 amide bonds. The van der Waals surface area contributed by atoms with Gasteiger partial charge >= 0.3 is 0 Å². The Kier molecular flexibility index (Phi) is 4.64. The largest absolute Gasteiger partial charge is 0.392 e. The number of likely N-dealkylation sites (N-methyl/N-ethyl adjacent to an activating group) is 1. The molecule has 0 bridgehead atoms. The number of benzene rings is 1. The maximum absolute atomic E-state index is 13.2. The second kappa shape index (κ2) is 6.28. The van der Waals surface area contributed by atoms with Crippen LogP contribution in [-0.2, 0) is 0 Å². The smallest absolute Gasteiger partial charge is 0.273 e. The van der Waals surface area contributed by atoms with E-state index < -0.39 is 17.7 Å². The number of aliphatic hydroxyl groups excluding tert-OH is 1. The van der Waals surface area contributed by atoms with Crippen LogP contribution in [0.5, 0.6) is 0 Å². The molecule has 1 unspecified atom stereocenters. The molecular formula is C14H14F2N2O2S. The number of nitrogens with zero attached hydrogens (tertiary/aromatic N) is 2. The summed E-state index contributed by atoms with van der Waals surface area (Å²) in [4.78, 5) is 17.6. The fraction of sp³-hybridized carbons (Fsp3) is 0.286. The van der Waals surface area contributed by atoms with E-state index in [0.29, 0.717) is 10.6 Å². The summed E-state index contributed by atoms with van der Waals surface area (Å²) >= 11 is 1.17. The molecule has 0 aliphatic carbocycles. The molecule has 0 radical (unpaired) electrons. The van der Waals surface area contributed by atoms with Gasteiger partial charge in [0.1, 0.15) is 10.7 Å². The van der Waals surface area contributed by atoms with Crippen molar-refractivity contribution in [3.63, 3.8) is 0 Å². The van der Waals surface area contributed by atoms with Gasteiger partial charge in [0.25, 0.3) is 5.91 Å². The Labute approximate surface area is 124 Å². The van der Waals surface area contributed by atoms with Gasteiger partial charge in [-0.3, -0.25) is 4.79 Å². The fourth-order valence-corrected chi connectivity index (χ4v) is 2.60. The number of aromatic nitrogens is 1. The third-order valence-electron chi connectivity index (χ3n) is 2.77. The van der Waals surface area contributed by atoms with E-state index in [1.165, 1.54) is 22.3 Å². The molecule has 0 saturated heterocycles. The van der Waals surface area contributed by atoms with Crippen molar-refractivity contribution in [3.05, 3.63) is 40.9 Å². The van der Waals surface area contributed by atoms with Gasteiger partial charge in [-0.05, 0) is 25.1 Å². The van der Waals surface area contributed by atoms with Gasteiger partial charge in [-0.2, -0.15) is 0 Å². The molecule has 2 rings (SSSR count). The number of amides is 1. The molecule has 1 aromatic carbocycles. The molecule has 21 heavy (non-hydrogen) atoms. The topological polar surface area (TPSA) is 53.4 Å². The van der Waals surface area contributed by atoms with E-state index in [2.05, 4.69) is 4.98 Å². The summed E-state index contributed by atoms with van der Waals surface area (Å²) in [7, 11) is 1.56. The van der Waals surface area contributed by atoms with Crippen molar-refractivity contribution in [1.82, 2.24) is 9.88 Å². The summed E-state index contributed by atoms with van der Waals surface area (Å²) in [6.45, 7) is 1.77. The van der Waals surface area contributed by atoms with Crippen LogP contribution in [0, 0.1) is 11.6 Å². The van der Waals surface area contributed by atoms with E-state index in [4.69, 9.17) is 0 Å². The van der Waals surface area contributed by atoms with E-state index in [0.717, 1.165) is 12.1 Å². The first kappa shape index (κ1) is 15.5. The summed E-state index contributed by atoms with van der Waals surface area (Å²) < 4.78 is 26.1. The number of thiazole rings is 1. The van der Waals surface area contributed by atoms with Gasteiger partial charge in [-0.1, -0.05) is 0 Å². The molecule has 7 heteroatoms. The van der Waals surface area contributed by atoms with Crippen molar-refractivity contribution in [2.45, 2.75) is 13.0 Å². The standard InChI is InChI=1S/C14H14F2N2O2S/c1-8(19)6-18(2)14(20)12-7-21-13(17-12)9-3-4-10(15)11(16)5-9/h3-5,7-8,19H,6H2,1-2H3. The highest BCUT2D eigenvalue weighted by Crippen LogP contribution is 2.25. The second-order valence-electron chi connectivity index (χ2n) is 4.70. The van der Waals surface area contributed by atoms with Crippen LogP contribution in [0.25, 0.3) is 10.6 Å². The number of halogens is 2. The van der Waals surface area contributed by atoms with Crippen molar-refractivity contribution >= 4 is 17.2 Å². The number of carbonyl (C=O) groups is 1. The highest BCUT2D eigenvalue weighted by molar-refractivity contribution is 7.13. The lowest BCUT2D eigenvalue weighted by Gasteiger charge is -2.17. The van der Waals surface area contributed by atoms with Gasteiger partial charge < -0.3 is 10.0 Å². The predicted octanol–water partition coefficient (Wildman–Crippen LogP) is 2.54. The molecule has 0 fully saturated rings. The quantitative estimate of drug-likeness (QED) is 0.944. The zero-order valence-electron chi connectivity index (χ0n) is 11.5. The number of aliphatic hydroxyl groups is 1. The van der Waals surface area contributed by atoms with Crippen molar-refractivity contribution < 1.29 is 18.7 Å². The highest BCUT2D eigenvalue weighted by Gasteiger charge is 2.17. The van der Waals surface area contributed by atoms with Crippen molar-refractivity contribution in [2.75, 3.05) is 13.6 Å². The molecule has 112 valence electrons. The zero-order chi connectivity index (χ0) is 15.6. The monoisotopic (exact) mass is 312 g/mol. The first-order chi connectivity index (χ1) is 9.88. The summed E-state index contributed by atoms with van der Waals surface area (Å²) in [5.74, 6) is -2.22. The average molecular weight is 312 g/mol. The third-order valence-corrected chi connectivity index (χ3v) is 3.67. The van der Waals surface area contributed by atoms with Crippen LogP contribution in [0.2, 0.25) is 0 Å². The molecule has 0 spiro atoms. The van der Waals surface area contributed by atoms with E-state index >= 15 is 0 Å². The van der Waals surface area contributed by atoms with E-state index in [1.54, 1.807) is 19.4 Å². The summed E-state index contributed by atoms with van der Waals surface area (Å²) in [5, 5.41) is 11.3. The van der Waals surface area contributed by atoms with Crippen LogP contribution in [0.1, 0.15) is 17.4 Å². The van der Waals surface area contributed by atoms with Gasteiger partial charge in [0, 0.05) is 24.5 Å². The predicted molar refractivity (Wildman–Crippen MR) is 76.1 cm³/mol. The normalized spacial score (nSPS) is 12.2. The fourth-order valence-electron chi connectivity index (χ4n) is 1.81.